The van der Waals surface area contributed by atoms with E-state index in [1.54, 1.807) is 0 Å². The zero-order chi connectivity index (χ0) is 14.4. The summed E-state index contributed by atoms with van der Waals surface area (Å²) in [6.07, 6.45) is 6.84. The van der Waals surface area contributed by atoms with Crippen LogP contribution in [-0.2, 0) is 9.47 Å². The normalized spacial score (nSPS) is 32.1. The van der Waals surface area contributed by atoms with Crippen LogP contribution in [0.5, 0.6) is 0 Å². The summed E-state index contributed by atoms with van der Waals surface area (Å²) in [6.45, 7) is 7.36. The molecule has 0 spiro atoms. The van der Waals surface area contributed by atoms with Crippen LogP contribution in [-0.4, -0.2) is 54.7 Å². The SMILES string of the molecule is CCOC(CN1CCCC1C1CCCCC1O)OCC. The maximum atomic E-state index is 10.3. The predicted molar refractivity (Wildman–Crippen MR) is 79.6 cm³/mol. The van der Waals surface area contributed by atoms with Crippen molar-refractivity contribution in [3.05, 3.63) is 0 Å². The first-order valence-corrected chi connectivity index (χ1v) is 8.41. The van der Waals surface area contributed by atoms with E-state index in [0.717, 1.165) is 19.5 Å². The average molecular weight is 285 g/mol. The average Bonchev–Trinajstić information content (AvgIpc) is 2.88. The molecular formula is C16H31NO3. The van der Waals surface area contributed by atoms with Gasteiger partial charge in [-0.2, -0.15) is 0 Å². The van der Waals surface area contributed by atoms with Gasteiger partial charge in [-0.15, -0.1) is 0 Å². The first kappa shape index (κ1) is 16.2. The molecule has 3 unspecified atom stereocenters. The molecule has 0 bridgehead atoms. The molecule has 1 saturated heterocycles. The predicted octanol–water partition coefficient (Wildman–Crippen LogP) is 2.40. The Hall–Kier alpha value is -0.160. The second kappa shape index (κ2) is 8.32. The van der Waals surface area contributed by atoms with Crippen molar-refractivity contribution in [2.24, 2.45) is 5.92 Å². The van der Waals surface area contributed by atoms with Crippen molar-refractivity contribution >= 4 is 0 Å². The number of hydrogen-bond donors (Lipinski definition) is 1. The van der Waals surface area contributed by atoms with Crippen molar-refractivity contribution in [2.45, 2.75) is 70.8 Å². The molecule has 1 saturated carbocycles. The fourth-order valence-electron chi connectivity index (χ4n) is 3.87. The molecule has 1 heterocycles. The molecule has 1 N–H and O–H groups in total. The Kier molecular flexibility index (Phi) is 6.75. The molecular weight excluding hydrogens is 254 g/mol. The quantitative estimate of drug-likeness (QED) is 0.729. The molecule has 0 aromatic heterocycles. The largest absolute Gasteiger partial charge is 0.393 e. The molecule has 2 rings (SSSR count). The van der Waals surface area contributed by atoms with Crippen LogP contribution in [0.15, 0.2) is 0 Å². The lowest BCUT2D eigenvalue weighted by Crippen LogP contribution is -2.46. The molecule has 0 aromatic rings. The molecule has 1 aliphatic carbocycles. The second-order valence-electron chi connectivity index (χ2n) is 6.06. The van der Waals surface area contributed by atoms with Gasteiger partial charge < -0.3 is 14.6 Å². The van der Waals surface area contributed by atoms with Gasteiger partial charge in [0, 0.05) is 31.7 Å². The number of hydrogen-bond acceptors (Lipinski definition) is 4. The maximum Gasteiger partial charge on any atom is 0.170 e. The lowest BCUT2D eigenvalue weighted by molar-refractivity contribution is -0.151. The number of rotatable bonds is 7. The first-order chi connectivity index (χ1) is 9.76. The smallest absolute Gasteiger partial charge is 0.170 e. The van der Waals surface area contributed by atoms with Gasteiger partial charge in [0.15, 0.2) is 6.29 Å². The Balaban J connectivity index is 1.91. The second-order valence-corrected chi connectivity index (χ2v) is 6.06. The molecule has 2 fully saturated rings. The molecule has 3 atom stereocenters. The first-order valence-electron chi connectivity index (χ1n) is 8.41. The van der Waals surface area contributed by atoms with Crippen molar-refractivity contribution in [1.29, 1.82) is 0 Å². The summed E-state index contributed by atoms with van der Waals surface area (Å²) < 4.78 is 11.4. The third-order valence-electron chi connectivity index (χ3n) is 4.78. The number of aliphatic hydroxyl groups excluding tert-OH is 1. The van der Waals surface area contributed by atoms with Gasteiger partial charge >= 0.3 is 0 Å². The summed E-state index contributed by atoms with van der Waals surface area (Å²) in [7, 11) is 0. The van der Waals surface area contributed by atoms with E-state index in [0.29, 0.717) is 25.2 Å². The van der Waals surface area contributed by atoms with E-state index in [2.05, 4.69) is 4.90 Å². The van der Waals surface area contributed by atoms with Gasteiger partial charge in [-0.3, -0.25) is 4.90 Å². The minimum absolute atomic E-state index is 0.105. The Morgan fingerprint density at radius 2 is 1.75 bits per heavy atom. The van der Waals surface area contributed by atoms with Gasteiger partial charge in [0.2, 0.25) is 0 Å². The van der Waals surface area contributed by atoms with E-state index < -0.39 is 0 Å². The molecule has 0 aromatic carbocycles. The van der Waals surface area contributed by atoms with Gasteiger partial charge in [-0.05, 0) is 46.1 Å². The number of ether oxygens (including phenoxy) is 2. The van der Waals surface area contributed by atoms with Crippen LogP contribution in [0.25, 0.3) is 0 Å². The Morgan fingerprint density at radius 1 is 1.05 bits per heavy atom. The van der Waals surface area contributed by atoms with Gasteiger partial charge in [-0.1, -0.05) is 12.8 Å². The lowest BCUT2D eigenvalue weighted by atomic mass is 9.80. The number of likely N-dealkylation sites (tertiary alicyclic amines) is 1. The number of nitrogens with zero attached hydrogens (tertiary/aromatic N) is 1. The highest BCUT2D eigenvalue weighted by Gasteiger charge is 2.37. The molecule has 0 amide bonds. The Morgan fingerprint density at radius 3 is 2.40 bits per heavy atom. The van der Waals surface area contributed by atoms with Crippen molar-refractivity contribution in [3.8, 4) is 0 Å². The van der Waals surface area contributed by atoms with E-state index in [1.807, 2.05) is 13.8 Å². The van der Waals surface area contributed by atoms with Gasteiger partial charge in [0.1, 0.15) is 0 Å². The van der Waals surface area contributed by atoms with Crippen LogP contribution in [0.3, 0.4) is 0 Å². The van der Waals surface area contributed by atoms with Crippen LogP contribution >= 0.6 is 0 Å². The molecule has 118 valence electrons. The fourth-order valence-corrected chi connectivity index (χ4v) is 3.87. The van der Waals surface area contributed by atoms with Crippen molar-refractivity contribution in [3.63, 3.8) is 0 Å². The third kappa shape index (κ3) is 4.17. The molecule has 4 nitrogen and oxygen atoms in total. The fraction of sp³-hybridized carbons (Fsp3) is 1.00. The van der Waals surface area contributed by atoms with Gasteiger partial charge in [0.05, 0.1) is 6.10 Å². The molecule has 0 radical (unpaired) electrons. The van der Waals surface area contributed by atoms with Crippen molar-refractivity contribution < 1.29 is 14.6 Å². The minimum atomic E-state index is -0.119. The summed E-state index contributed by atoms with van der Waals surface area (Å²) >= 11 is 0. The zero-order valence-corrected chi connectivity index (χ0v) is 13.1. The zero-order valence-electron chi connectivity index (χ0n) is 13.1. The van der Waals surface area contributed by atoms with Crippen molar-refractivity contribution in [1.82, 2.24) is 4.90 Å². The van der Waals surface area contributed by atoms with Crippen LogP contribution in [0.1, 0.15) is 52.4 Å². The van der Waals surface area contributed by atoms with Gasteiger partial charge in [-0.25, -0.2) is 0 Å². The van der Waals surface area contributed by atoms with Crippen LogP contribution in [0.2, 0.25) is 0 Å². The highest BCUT2D eigenvalue weighted by atomic mass is 16.7. The third-order valence-corrected chi connectivity index (χ3v) is 4.78. The monoisotopic (exact) mass is 285 g/mol. The number of aliphatic hydroxyl groups is 1. The van der Waals surface area contributed by atoms with E-state index in [-0.39, 0.29) is 12.4 Å². The van der Waals surface area contributed by atoms with Crippen LogP contribution in [0.4, 0.5) is 0 Å². The highest BCUT2D eigenvalue weighted by Crippen LogP contribution is 2.34. The highest BCUT2D eigenvalue weighted by molar-refractivity contribution is 4.90. The lowest BCUT2D eigenvalue weighted by Gasteiger charge is -2.38. The summed E-state index contributed by atoms with van der Waals surface area (Å²) in [6, 6.07) is 0.522. The van der Waals surface area contributed by atoms with E-state index in [1.165, 1.54) is 32.1 Å². The summed E-state index contributed by atoms with van der Waals surface area (Å²) in [4.78, 5) is 2.50. The molecule has 4 heteroatoms. The van der Waals surface area contributed by atoms with Crippen molar-refractivity contribution in [2.75, 3.05) is 26.3 Å². The summed E-state index contributed by atoms with van der Waals surface area (Å²) in [5.41, 5.74) is 0. The standard InChI is InChI=1S/C16H31NO3/c1-3-19-16(20-4-2)12-17-11-7-9-14(17)13-8-5-6-10-15(13)18/h13-16,18H,3-12H2,1-2H3. The van der Waals surface area contributed by atoms with E-state index >= 15 is 0 Å². The summed E-state index contributed by atoms with van der Waals surface area (Å²) in [5, 5.41) is 10.3. The molecule has 2 aliphatic rings. The molecule has 20 heavy (non-hydrogen) atoms. The Labute approximate surface area is 123 Å². The minimum Gasteiger partial charge on any atom is -0.393 e. The molecule has 1 aliphatic heterocycles. The summed E-state index contributed by atoms with van der Waals surface area (Å²) in [5.74, 6) is 0.454. The van der Waals surface area contributed by atoms with Gasteiger partial charge in [0.25, 0.3) is 0 Å². The topological polar surface area (TPSA) is 41.9 Å². The van der Waals surface area contributed by atoms with E-state index in [4.69, 9.17) is 9.47 Å². The van der Waals surface area contributed by atoms with Crippen LogP contribution < -0.4 is 0 Å². The van der Waals surface area contributed by atoms with E-state index in [9.17, 15) is 5.11 Å². The maximum absolute atomic E-state index is 10.3. The Bertz CT molecular complexity index is 268. The van der Waals surface area contributed by atoms with Crippen LogP contribution in [0, 0.1) is 5.92 Å².